The first-order chi connectivity index (χ1) is 30.6. The highest BCUT2D eigenvalue weighted by Crippen LogP contribution is 2.35. The minimum Gasteiger partial charge on any atom is -0.333 e. The zero-order valence-electron chi connectivity index (χ0n) is 32.5. The quantitative estimate of drug-likeness (QED) is 0.123. The van der Waals surface area contributed by atoms with E-state index in [4.69, 9.17) is 62.5 Å². The molecule has 12 nitrogen and oxygen atoms in total. The van der Waals surface area contributed by atoms with E-state index < -0.39 is 5.78 Å². The number of benzene rings is 4. The summed E-state index contributed by atoms with van der Waals surface area (Å²) in [5, 5.41) is 15.3. The molecule has 4 aromatic carbocycles. The summed E-state index contributed by atoms with van der Waals surface area (Å²) in [5.41, 5.74) is 6.31. The third-order valence-corrected chi connectivity index (χ3v) is 11.8. The molecule has 1 aliphatic rings. The van der Waals surface area contributed by atoms with Gasteiger partial charge in [0.15, 0.2) is 5.84 Å². The van der Waals surface area contributed by atoms with E-state index >= 15 is 0 Å². The number of pyridine rings is 1. The molecule has 0 fully saturated rings. The molecule has 0 N–H and O–H groups in total. The summed E-state index contributed by atoms with van der Waals surface area (Å²) in [6.07, 6.45) is 6.39. The van der Waals surface area contributed by atoms with Gasteiger partial charge in [-0.25, -0.2) is 4.99 Å². The Kier molecular flexibility index (Phi) is 12.0. The summed E-state index contributed by atoms with van der Waals surface area (Å²) >= 11 is 31.9. The third kappa shape index (κ3) is 8.51. The monoisotopic (exact) mass is 929 g/mol. The van der Waals surface area contributed by atoms with Crippen LogP contribution in [-0.4, -0.2) is 64.1 Å². The van der Waals surface area contributed by atoms with E-state index in [2.05, 4.69) is 35.3 Å². The molecule has 0 saturated carbocycles. The lowest BCUT2D eigenvalue weighted by atomic mass is 10.1. The van der Waals surface area contributed by atoms with Crippen LogP contribution >= 0.6 is 58.0 Å². The van der Waals surface area contributed by atoms with Crippen molar-refractivity contribution in [2.75, 3.05) is 6.54 Å². The van der Waals surface area contributed by atoms with E-state index in [1.165, 1.54) is 0 Å². The number of aromatic nitrogens is 7. The molecular weight excluding hydrogens is 904 g/mol. The number of hydrogen-bond acceptors (Lipinski definition) is 10. The van der Waals surface area contributed by atoms with Crippen LogP contribution in [0.5, 0.6) is 0 Å². The van der Waals surface area contributed by atoms with E-state index in [1.54, 1.807) is 55.1 Å². The number of fused-ring (bicyclic) bond motifs is 2. The van der Waals surface area contributed by atoms with E-state index in [-0.39, 0.29) is 23.3 Å². The predicted molar refractivity (Wildman–Crippen MR) is 246 cm³/mol. The van der Waals surface area contributed by atoms with Gasteiger partial charge in [0.2, 0.25) is 17.4 Å². The average Bonchev–Trinajstić information content (AvgIpc) is 4.11. The summed E-state index contributed by atoms with van der Waals surface area (Å²) in [6, 6.07) is 33.1. The van der Waals surface area contributed by atoms with Gasteiger partial charge in [-0.1, -0.05) is 118 Å². The Morgan fingerprint density at radius 2 is 1.29 bits per heavy atom. The fraction of sp³-hybridized carbons (Fsp3) is 0.0652. The molecule has 63 heavy (non-hydrogen) atoms. The SMILES string of the molecule is O=C(C1=NCC(c2ccnnc2)=N1)c1c(Cl)n(Cc2ccc(Cl)cc2Cl)c2ccccc12.O=C(c1noc(-c2ccncc2)n1)c1c(Cl)n(Cc2ccc(Cl)cc2)c2ccccc12. The lowest BCUT2D eigenvalue weighted by Gasteiger charge is -2.09. The first-order valence-corrected chi connectivity index (χ1v) is 21.0. The molecule has 6 heterocycles. The van der Waals surface area contributed by atoms with Gasteiger partial charge in [0.1, 0.15) is 10.3 Å². The maximum absolute atomic E-state index is 13.4. The molecule has 17 heteroatoms. The van der Waals surface area contributed by atoms with Crippen LogP contribution in [0.25, 0.3) is 33.3 Å². The average molecular weight is 932 g/mol. The summed E-state index contributed by atoms with van der Waals surface area (Å²) in [7, 11) is 0. The van der Waals surface area contributed by atoms with Crippen molar-refractivity contribution in [1.29, 1.82) is 0 Å². The number of amidine groups is 1. The Morgan fingerprint density at radius 3 is 1.95 bits per heavy atom. The number of Topliss-reactive ketones (excluding diaryl/α,β-unsaturated/α-hetero) is 1. The van der Waals surface area contributed by atoms with Crippen LogP contribution in [0, 0.1) is 0 Å². The molecule has 310 valence electrons. The second-order valence-corrected chi connectivity index (χ2v) is 16.0. The molecule has 0 radical (unpaired) electrons. The fourth-order valence-electron chi connectivity index (χ4n) is 7.12. The van der Waals surface area contributed by atoms with Gasteiger partial charge in [0.05, 0.1) is 53.4 Å². The number of carbonyl (C=O) groups excluding carboxylic acids is 2. The van der Waals surface area contributed by atoms with Crippen molar-refractivity contribution in [2.24, 2.45) is 9.98 Å². The van der Waals surface area contributed by atoms with Crippen molar-refractivity contribution < 1.29 is 14.1 Å². The summed E-state index contributed by atoms with van der Waals surface area (Å²) in [6.45, 7) is 1.16. The zero-order chi connectivity index (χ0) is 43.6. The van der Waals surface area contributed by atoms with Gasteiger partial charge in [-0.2, -0.15) is 15.2 Å². The van der Waals surface area contributed by atoms with Gasteiger partial charge in [0.25, 0.3) is 5.89 Å². The second-order valence-electron chi connectivity index (χ2n) is 14.0. The topological polar surface area (TPSA) is 146 Å². The van der Waals surface area contributed by atoms with E-state index in [0.717, 1.165) is 38.5 Å². The largest absolute Gasteiger partial charge is 0.333 e. The van der Waals surface area contributed by atoms with Crippen molar-refractivity contribution >= 4 is 103 Å². The first-order valence-electron chi connectivity index (χ1n) is 19.1. The molecule has 0 aliphatic carbocycles. The highest BCUT2D eigenvalue weighted by atomic mass is 35.5. The molecule has 0 unspecified atom stereocenters. The van der Waals surface area contributed by atoms with Crippen LogP contribution in [0.1, 0.15) is 43.2 Å². The lowest BCUT2D eigenvalue weighted by Crippen LogP contribution is -2.11. The Balaban J connectivity index is 0.000000160. The first kappa shape index (κ1) is 41.8. The molecule has 0 atom stereocenters. The Morgan fingerprint density at radius 1 is 0.651 bits per heavy atom. The third-order valence-electron chi connectivity index (χ3n) is 10.2. The number of rotatable bonds is 10. The van der Waals surface area contributed by atoms with E-state index in [1.807, 2.05) is 88.0 Å². The van der Waals surface area contributed by atoms with Gasteiger partial charge in [-0.05, 0) is 65.7 Å². The van der Waals surface area contributed by atoms with Crippen LogP contribution < -0.4 is 0 Å². The molecule has 1 aliphatic heterocycles. The normalized spacial score (nSPS) is 12.3. The minimum absolute atomic E-state index is 0.0527. The Bertz CT molecular complexity index is 3260. The summed E-state index contributed by atoms with van der Waals surface area (Å²) < 4.78 is 9.03. The van der Waals surface area contributed by atoms with Crippen LogP contribution in [0.4, 0.5) is 0 Å². The Labute approximate surface area is 383 Å². The Hall–Kier alpha value is -6.54. The van der Waals surface area contributed by atoms with Crippen molar-refractivity contribution in [3.8, 4) is 11.5 Å². The standard InChI is InChI=1S/C23H14Cl3N5O.C23H14Cl2N4O2/c24-15-6-5-14(17(25)9-15)12-31-19-4-2-1-3-16(19)20(22(31)26)21(32)23-27-11-18(30-23)13-7-8-28-29-10-13;24-16-7-5-14(6-8-16)13-29-18-4-2-1-3-17(18)19(21(29)25)20(30)22-27-23(31-28-22)15-9-11-26-12-10-15/h1-10H,11-12H2;1-12H,13H2. The second kappa shape index (κ2) is 18.1. The number of nitrogens with zero attached hydrogens (tertiary/aromatic N) is 9. The van der Waals surface area contributed by atoms with Crippen LogP contribution in [0.3, 0.4) is 0 Å². The van der Waals surface area contributed by atoms with Gasteiger partial charge < -0.3 is 13.7 Å². The molecule has 0 amide bonds. The van der Waals surface area contributed by atoms with Crippen LogP contribution in [-0.2, 0) is 13.1 Å². The molecule has 5 aromatic heterocycles. The summed E-state index contributed by atoms with van der Waals surface area (Å²) in [4.78, 5) is 43.8. The highest BCUT2D eigenvalue weighted by molar-refractivity contribution is 6.53. The number of para-hydroxylation sites is 2. The predicted octanol–water partition coefficient (Wildman–Crippen LogP) is 11.2. The van der Waals surface area contributed by atoms with Crippen molar-refractivity contribution in [3.63, 3.8) is 0 Å². The van der Waals surface area contributed by atoms with Gasteiger partial charge in [-0.3, -0.25) is 19.6 Å². The van der Waals surface area contributed by atoms with Gasteiger partial charge >= 0.3 is 0 Å². The highest BCUT2D eigenvalue weighted by Gasteiger charge is 2.29. The molecule has 0 spiro atoms. The van der Waals surface area contributed by atoms with E-state index in [0.29, 0.717) is 67.4 Å². The molecule has 0 saturated heterocycles. The van der Waals surface area contributed by atoms with E-state index in [9.17, 15) is 9.59 Å². The number of carbonyl (C=O) groups is 2. The molecule has 10 rings (SSSR count). The number of hydrogen-bond donors (Lipinski definition) is 0. The van der Waals surface area contributed by atoms with Crippen LogP contribution in [0.15, 0.2) is 148 Å². The van der Waals surface area contributed by atoms with Crippen molar-refractivity contribution in [2.45, 2.75) is 13.1 Å². The number of ketones is 2. The molecule has 9 aromatic rings. The lowest BCUT2D eigenvalue weighted by molar-refractivity contribution is 0.102. The molecular formula is C46H28Cl5N9O3. The maximum atomic E-state index is 13.4. The van der Waals surface area contributed by atoms with Crippen molar-refractivity contribution in [1.82, 2.24) is 34.5 Å². The van der Waals surface area contributed by atoms with Crippen LogP contribution in [0.2, 0.25) is 25.4 Å². The van der Waals surface area contributed by atoms with Gasteiger partial charge in [-0.15, -0.1) is 0 Å². The zero-order valence-corrected chi connectivity index (χ0v) is 36.2. The smallest absolute Gasteiger partial charge is 0.258 e. The maximum Gasteiger partial charge on any atom is 0.258 e. The molecule has 0 bridgehead atoms. The van der Waals surface area contributed by atoms with Gasteiger partial charge in [0, 0.05) is 55.9 Å². The number of halogens is 5. The summed E-state index contributed by atoms with van der Waals surface area (Å²) in [5.74, 6) is -0.426. The van der Waals surface area contributed by atoms with Crippen molar-refractivity contribution in [3.05, 3.63) is 193 Å². The fourth-order valence-corrected chi connectivity index (χ4v) is 8.39. The minimum atomic E-state index is -0.403. The number of aliphatic imine (C=N–C) groups is 2.